The Kier molecular flexibility index (Phi) is 4.87. The Morgan fingerprint density at radius 3 is 2.73 bits per heavy atom. The van der Waals surface area contributed by atoms with E-state index in [1.807, 2.05) is 43.5 Å². The van der Waals surface area contributed by atoms with Gasteiger partial charge in [0.25, 0.3) is 0 Å². The summed E-state index contributed by atoms with van der Waals surface area (Å²) in [6, 6.07) is 9.26. The van der Waals surface area contributed by atoms with Gasteiger partial charge in [-0.05, 0) is 25.1 Å². The lowest BCUT2D eigenvalue weighted by atomic mass is 9.92. The van der Waals surface area contributed by atoms with Crippen molar-refractivity contribution in [2.45, 2.75) is 39.0 Å². The molecule has 3 rings (SSSR count). The van der Waals surface area contributed by atoms with E-state index in [4.69, 9.17) is 11.6 Å². The van der Waals surface area contributed by atoms with Crippen LogP contribution in [0.5, 0.6) is 0 Å². The van der Waals surface area contributed by atoms with Crippen molar-refractivity contribution in [1.82, 2.24) is 20.0 Å². The lowest BCUT2D eigenvalue weighted by Crippen LogP contribution is -2.18. The van der Waals surface area contributed by atoms with E-state index in [2.05, 4.69) is 41.4 Å². The summed E-state index contributed by atoms with van der Waals surface area (Å²) in [6.45, 7) is 8.06. The summed E-state index contributed by atoms with van der Waals surface area (Å²) in [6.07, 6.45) is 3.53. The summed E-state index contributed by atoms with van der Waals surface area (Å²) in [5, 5.41) is 15.0. The molecular weight excluding hydrogens is 350 g/mol. The fraction of sp³-hybridized carbons (Fsp3) is 0.316. The molecule has 7 heteroatoms. The van der Waals surface area contributed by atoms with E-state index in [-0.39, 0.29) is 17.2 Å². The molecule has 0 saturated carbocycles. The first-order chi connectivity index (χ1) is 12.2. The fourth-order valence-corrected chi connectivity index (χ4v) is 2.67. The van der Waals surface area contributed by atoms with Gasteiger partial charge in [0, 0.05) is 28.3 Å². The van der Waals surface area contributed by atoms with Crippen molar-refractivity contribution in [1.29, 1.82) is 0 Å². The summed E-state index contributed by atoms with van der Waals surface area (Å²) in [7, 11) is 0. The number of rotatable bonds is 4. The second kappa shape index (κ2) is 6.96. The Morgan fingerprint density at radius 2 is 2.08 bits per heavy atom. The molecule has 1 atom stereocenters. The molecule has 2 aromatic heterocycles. The van der Waals surface area contributed by atoms with Crippen LogP contribution in [0.1, 0.15) is 44.9 Å². The van der Waals surface area contributed by atoms with Crippen LogP contribution in [0.15, 0.2) is 42.7 Å². The van der Waals surface area contributed by atoms with E-state index >= 15 is 0 Å². The highest BCUT2D eigenvalue weighted by atomic mass is 35.5. The number of hydrogen-bond donors (Lipinski definition) is 2. The zero-order valence-electron chi connectivity index (χ0n) is 15.2. The molecule has 6 nitrogen and oxygen atoms in total. The lowest BCUT2D eigenvalue weighted by molar-refractivity contribution is -0.117. The average molecular weight is 372 g/mol. The predicted octanol–water partition coefficient (Wildman–Crippen LogP) is 4.29. The van der Waals surface area contributed by atoms with Crippen LogP contribution < -0.4 is 5.32 Å². The van der Waals surface area contributed by atoms with Crippen LogP contribution >= 0.6 is 11.6 Å². The standard InChI is InChI=1S/C19H22ClN5O/c1-12(18(26)22-17-9-16(23-24-17)19(2,3)4)13-10-21-25(11-13)15-7-5-6-14(20)8-15/h5-12H,1-4H3,(H2,22,23,24,26)/t12-/m1/s1. The molecule has 26 heavy (non-hydrogen) atoms. The third kappa shape index (κ3) is 3.96. The molecule has 0 fully saturated rings. The quantitative estimate of drug-likeness (QED) is 0.718. The molecule has 0 unspecified atom stereocenters. The lowest BCUT2D eigenvalue weighted by Gasteiger charge is -2.13. The summed E-state index contributed by atoms with van der Waals surface area (Å²) in [4.78, 5) is 12.6. The van der Waals surface area contributed by atoms with Crippen molar-refractivity contribution in [3.8, 4) is 5.69 Å². The highest BCUT2D eigenvalue weighted by Gasteiger charge is 2.21. The first-order valence-corrected chi connectivity index (χ1v) is 8.79. The van der Waals surface area contributed by atoms with Crippen molar-refractivity contribution in [3.05, 3.63) is 59.0 Å². The van der Waals surface area contributed by atoms with Gasteiger partial charge in [-0.1, -0.05) is 38.4 Å². The fourth-order valence-electron chi connectivity index (χ4n) is 2.48. The van der Waals surface area contributed by atoms with Gasteiger partial charge >= 0.3 is 0 Å². The number of aromatic amines is 1. The Hall–Kier alpha value is -2.60. The van der Waals surface area contributed by atoms with Crippen molar-refractivity contribution >= 4 is 23.3 Å². The normalized spacial score (nSPS) is 12.8. The topological polar surface area (TPSA) is 75.6 Å². The van der Waals surface area contributed by atoms with Gasteiger partial charge < -0.3 is 5.32 Å². The Balaban J connectivity index is 1.72. The number of nitrogens with one attached hydrogen (secondary N) is 2. The molecule has 0 aliphatic heterocycles. The maximum atomic E-state index is 12.6. The summed E-state index contributed by atoms with van der Waals surface area (Å²) >= 11 is 6.02. The van der Waals surface area contributed by atoms with Gasteiger partial charge in [-0.15, -0.1) is 0 Å². The van der Waals surface area contributed by atoms with Crippen LogP contribution in [0.4, 0.5) is 5.82 Å². The number of halogens is 1. The summed E-state index contributed by atoms with van der Waals surface area (Å²) in [5.41, 5.74) is 2.48. The zero-order valence-corrected chi connectivity index (χ0v) is 16.0. The molecule has 2 heterocycles. The molecule has 0 radical (unpaired) electrons. The van der Waals surface area contributed by atoms with Gasteiger partial charge in [0.15, 0.2) is 0 Å². The minimum Gasteiger partial charge on any atom is -0.311 e. The van der Waals surface area contributed by atoms with Gasteiger partial charge in [0.05, 0.1) is 23.5 Å². The van der Waals surface area contributed by atoms with Crippen molar-refractivity contribution in [2.75, 3.05) is 5.32 Å². The number of anilines is 1. The second-order valence-electron chi connectivity index (χ2n) is 7.33. The van der Waals surface area contributed by atoms with Crippen molar-refractivity contribution in [3.63, 3.8) is 0 Å². The SMILES string of the molecule is C[C@@H](C(=O)Nc1cc(C(C)(C)C)n[nH]1)c1cnn(-c2cccc(Cl)c2)c1. The number of amides is 1. The molecule has 0 saturated heterocycles. The van der Waals surface area contributed by atoms with E-state index in [9.17, 15) is 4.79 Å². The van der Waals surface area contributed by atoms with Crippen LogP contribution in [-0.4, -0.2) is 25.9 Å². The monoisotopic (exact) mass is 371 g/mol. The minimum atomic E-state index is -0.357. The van der Waals surface area contributed by atoms with E-state index in [1.165, 1.54) is 0 Å². The number of carbonyl (C=O) groups is 1. The molecule has 0 aliphatic carbocycles. The van der Waals surface area contributed by atoms with Gasteiger partial charge in [0.2, 0.25) is 5.91 Å². The number of hydrogen-bond acceptors (Lipinski definition) is 3. The molecule has 0 aliphatic rings. The molecule has 0 bridgehead atoms. The minimum absolute atomic E-state index is 0.0802. The molecule has 1 amide bonds. The maximum Gasteiger partial charge on any atom is 0.232 e. The van der Waals surface area contributed by atoms with Gasteiger partial charge in [-0.3, -0.25) is 9.89 Å². The number of H-pyrrole nitrogens is 1. The van der Waals surface area contributed by atoms with Crippen molar-refractivity contribution in [2.24, 2.45) is 0 Å². The first-order valence-electron chi connectivity index (χ1n) is 8.41. The number of carbonyl (C=O) groups excluding carboxylic acids is 1. The molecule has 0 spiro atoms. The van der Waals surface area contributed by atoms with Gasteiger partial charge in [-0.2, -0.15) is 10.2 Å². The van der Waals surface area contributed by atoms with Gasteiger partial charge in [0.1, 0.15) is 5.82 Å². The van der Waals surface area contributed by atoms with E-state index in [0.29, 0.717) is 10.8 Å². The number of nitrogens with zero attached hydrogens (tertiary/aromatic N) is 3. The van der Waals surface area contributed by atoms with Gasteiger partial charge in [-0.25, -0.2) is 4.68 Å². The van der Waals surface area contributed by atoms with Crippen molar-refractivity contribution < 1.29 is 4.79 Å². The summed E-state index contributed by atoms with van der Waals surface area (Å²) < 4.78 is 1.71. The maximum absolute atomic E-state index is 12.6. The molecule has 2 N–H and O–H groups in total. The van der Waals surface area contributed by atoms with Crippen LogP contribution in [0.3, 0.4) is 0 Å². The smallest absolute Gasteiger partial charge is 0.232 e. The molecule has 136 valence electrons. The van der Waals surface area contributed by atoms with Crippen LogP contribution in [-0.2, 0) is 10.2 Å². The largest absolute Gasteiger partial charge is 0.311 e. The second-order valence-corrected chi connectivity index (χ2v) is 7.76. The van der Waals surface area contributed by atoms with Crippen LogP contribution in [0.2, 0.25) is 5.02 Å². The van der Waals surface area contributed by atoms with Crippen LogP contribution in [0, 0.1) is 0 Å². The molecule has 1 aromatic carbocycles. The number of aromatic nitrogens is 4. The Labute approximate surface area is 157 Å². The molecular formula is C19H22ClN5O. The van der Waals surface area contributed by atoms with Crippen LogP contribution in [0.25, 0.3) is 5.69 Å². The van der Waals surface area contributed by atoms with E-state index in [1.54, 1.807) is 10.9 Å². The third-order valence-corrected chi connectivity index (χ3v) is 4.41. The van der Waals surface area contributed by atoms with E-state index in [0.717, 1.165) is 16.9 Å². The zero-order chi connectivity index (χ0) is 18.9. The van der Waals surface area contributed by atoms with E-state index < -0.39 is 0 Å². The highest BCUT2D eigenvalue weighted by Crippen LogP contribution is 2.23. The molecule has 3 aromatic rings. The highest BCUT2D eigenvalue weighted by molar-refractivity contribution is 6.30. The first kappa shape index (κ1) is 18.2. The Bertz CT molecular complexity index is 922. The predicted molar refractivity (Wildman–Crippen MR) is 103 cm³/mol. The third-order valence-electron chi connectivity index (χ3n) is 4.17. The number of benzene rings is 1. The Morgan fingerprint density at radius 1 is 1.31 bits per heavy atom. The average Bonchev–Trinajstić information content (AvgIpc) is 3.23. The summed E-state index contributed by atoms with van der Waals surface area (Å²) in [5.74, 6) is 0.109.